The van der Waals surface area contributed by atoms with Crippen molar-refractivity contribution in [2.24, 2.45) is 0 Å². The molecule has 9 nitrogen and oxygen atoms in total. The Kier molecular flexibility index (Phi) is 5.79. The molecule has 0 fully saturated rings. The molecule has 3 rings (SSSR count). The van der Waals surface area contributed by atoms with Crippen molar-refractivity contribution in [1.82, 2.24) is 34.3 Å². The highest BCUT2D eigenvalue weighted by atomic mass is 16.6. The Morgan fingerprint density at radius 2 is 2.04 bits per heavy atom. The molecule has 27 heavy (non-hydrogen) atoms. The second-order valence-corrected chi connectivity index (χ2v) is 7.62. The molecule has 1 aliphatic heterocycles. The van der Waals surface area contributed by atoms with E-state index in [0.717, 1.165) is 17.2 Å². The molecular formula is C18H29N7O2. The van der Waals surface area contributed by atoms with Crippen LogP contribution < -0.4 is 0 Å². The standard InChI is InChI=1S/C18H29N7O2/c1-13(2)24-12-19-20-17(24)11-22(5)9-15-8-16-10-23(6-7-25(16)21-15)18(26)27-14(3)4/h8,12-14H,6-7,9-11H2,1-5H3. The van der Waals surface area contributed by atoms with E-state index in [4.69, 9.17) is 4.74 Å². The van der Waals surface area contributed by atoms with Gasteiger partial charge in [-0.15, -0.1) is 10.2 Å². The number of aromatic nitrogens is 5. The normalized spacial score (nSPS) is 14.3. The number of hydrogen-bond acceptors (Lipinski definition) is 6. The fraction of sp³-hybridized carbons (Fsp3) is 0.667. The molecule has 0 saturated heterocycles. The van der Waals surface area contributed by atoms with Crippen molar-refractivity contribution in [2.45, 2.75) is 66.0 Å². The monoisotopic (exact) mass is 375 g/mol. The second-order valence-electron chi connectivity index (χ2n) is 7.62. The predicted octanol–water partition coefficient (Wildman–Crippen LogP) is 2.05. The zero-order valence-corrected chi connectivity index (χ0v) is 16.8. The summed E-state index contributed by atoms with van der Waals surface area (Å²) in [5.41, 5.74) is 2.03. The van der Waals surface area contributed by atoms with Gasteiger partial charge in [0.25, 0.3) is 0 Å². The van der Waals surface area contributed by atoms with Gasteiger partial charge in [0, 0.05) is 19.1 Å². The van der Waals surface area contributed by atoms with Crippen LogP contribution in [0.2, 0.25) is 0 Å². The van der Waals surface area contributed by atoms with Crippen LogP contribution in [0.25, 0.3) is 0 Å². The average molecular weight is 375 g/mol. The first-order valence-electron chi connectivity index (χ1n) is 9.41. The van der Waals surface area contributed by atoms with Crippen LogP contribution >= 0.6 is 0 Å². The summed E-state index contributed by atoms with van der Waals surface area (Å²) in [6.45, 7) is 11.2. The fourth-order valence-corrected chi connectivity index (χ4v) is 3.22. The van der Waals surface area contributed by atoms with E-state index in [-0.39, 0.29) is 12.2 Å². The van der Waals surface area contributed by atoms with E-state index >= 15 is 0 Å². The number of amides is 1. The predicted molar refractivity (Wildman–Crippen MR) is 99.8 cm³/mol. The minimum atomic E-state index is -0.260. The lowest BCUT2D eigenvalue weighted by Crippen LogP contribution is -2.39. The van der Waals surface area contributed by atoms with E-state index in [1.54, 1.807) is 11.2 Å². The lowest BCUT2D eigenvalue weighted by molar-refractivity contribution is 0.0680. The molecule has 0 aromatic carbocycles. The van der Waals surface area contributed by atoms with Crippen molar-refractivity contribution in [3.63, 3.8) is 0 Å². The molecule has 9 heteroatoms. The SMILES string of the molecule is CC(C)OC(=O)N1CCn2nc(CN(C)Cc3nncn3C(C)C)cc2C1. The maximum atomic E-state index is 12.1. The molecule has 3 heterocycles. The summed E-state index contributed by atoms with van der Waals surface area (Å²) in [5.74, 6) is 0.944. The molecule has 0 atom stereocenters. The molecular weight excluding hydrogens is 346 g/mol. The van der Waals surface area contributed by atoms with Crippen LogP contribution in [0.3, 0.4) is 0 Å². The summed E-state index contributed by atoms with van der Waals surface area (Å²) in [5, 5.41) is 12.9. The van der Waals surface area contributed by atoms with Crippen molar-refractivity contribution < 1.29 is 9.53 Å². The average Bonchev–Trinajstić information content (AvgIpc) is 3.19. The third kappa shape index (κ3) is 4.65. The Balaban J connectivity index is 1.61. The van der Waals surface area contributed by atoms with Gasteiger partial charge < -0.3 is 14.2 Å². The van der Waals surface area contributed by atoms with Gasteiger partial charge in [0.1, 0.15) is 12.2 Å². The Morgan fingerprint density at radius 1 is 1.26 bits per heavy atom. The maximum Gasteiger partial charge on any atom is 0.410 e. The van der Waals surface area contributed by atoms with Crippen molar-refractivity contribution in [3.05, 3.63) is 29.6 Å². The number of carbonyl (C=O) groups excluding carboxylic acids is 1. The number of nitrogens with zero attached hydrogens (tertiary/aromatic N) is 7. The Labute approximate surface area is 159 Å². The molecule has 0 unspecified atom stereocenters. The van der Waals surface area contributed by atoms with Gasteiger partial charge in [-0.05, 0) is 40.8 Å². The highest BCUT2D eigenvalue weighted by Crippen LogP contribution is 2.17. The van der Waals surface area contributed by atoms with Crippen LogP contribution in [0.1, 0.15) is 50.9 Å². The van der Waals surface area contributed by atoms with Crippen LogP contribution in [0.5, 0.6) is 0 Å². The smallest absolute Gasteiger partial charge is 0.410 e. The number of hydrogen-bond donors (Lipinski definition) is 0. The molecule has 0 spiro atoms. The van der Waals surface area contributed by atoms with Crippen LogP contribution in [0, 0.1) is 0 Å². The number of ether oxygens (including phenoxy) is 1. The largest absolute Gasteiger partial charge is 0.447 e. The van der Waals surface area contributed by atoms with Gasteiger partial charge in [0.15, 0.2) is 0 Å². The van der Waals surface area contributed by atoms with Crippen molar-refractivity contribution in [2.75, 3.05) is 13.6 Å². The minimum Gasteiger partial charge on any atom is -0.447 e. The van der Waals surface area contributed by atoms with Crippen molar-refractivity contribution in [3.8, 4) is 0 Å². The van der Waals surface area contributed by atoms with Gasteiger partial charge in [0.2, 0.25) is 0 Å². The third-order valence-corrected chi connectivity index (χ3v) is 4.49. The fourth-order valence-electron chi connectivity index (χ4n) is 3.22. The molecule has 1 amide bonds. The number of fused-ring (bicyclic) bond motifs is 1. The summed E-state index contributed by atoms with van der Waals surface area (Å²) in [7, 11) is 2.05. The van der Waals surface area contributed by atoms with Crippen molar-refractivity contribution in [1.29, 1.82) is 0 Å². The minimum absolute atomic E-state index is 0.110. The molecule has 0 N–H and O–H groups in total. The Morgan fingerprint density at radius 3 is 2.74 bits per heavy atom. The van der Waals surface area contributed by atoms with E-state index < -0.39 is 0 Å². The van der Waals surface area contributed by atoms with Crippen LogP contribution in [0.4, 0.5) is 4.79 Å². The van der Waals surface area contributed by atoms with Gasteiger partial charge in [-0.25, -0.2) is 4.79 Å². The third-order valence-electron chi connectivity index (χ3n) is 4.49. The summed E-state index contributed by atoms with van der Waals surface area (Å²) in [6, 6.07) is 2.40. The summed E-state index contributed by atoms with van der Waals surface area (Å²) in [6.07, 6.45) is 1.40. The van der Waals surface area contributed by atoms with E-state index in [0.29, 0.717) is 38.8 Å². The Bertz CT molecular complexity index is 781. The maximum absolute atomic E-state index is 12.1. The van der Waals surface area contributed by atoms with Gasteiger partial charge in [0.05, 0.1) is 37.1 Å². The van der Waals surface area contributed by atoms with Gasteiger partial charge in [-0.2, -0.15) is 5.10 Å². The lowest BCUT2D eigenvalue weighted by atomic mass is 10.3. The van der Waals surface area contributed by atoms with Gasteiger partial charge in [-0.3, -0.25) is 9.58 Å². The lowest BCUT2D eigenvalue weighted by Gasteiger charge is -2.27. The van der Waals surface area contributed by atoms with Crippen LogP contribution in [-0.4, -0.2) is 60.1 Å². The molecule has 2 aromatic rings. The summed E-state index contributed by atoms with van der Waals surface area (Å²) in [4.78, 5) is 16.0. The summed E-state index contributed by atoms with van der Waals surface area (Å²) < 4.78 is 9.36. The second kappa shape index (κ2) is 8.08. The molecule has 0 aliphatic carbocycles. The quantitative estimate of drug-likeness (QED) is 0.769. The molecule has 1 aliphatic rings. The van der Waals surface area contributed by atoms with E-state index in [1.165, 1.54) is 0 Å². The number of carbonyl (C=O) groups is 1. The summed E-state index contributed by atoms with van der Waals surface area (Å²) >= 11 is 0. The highest BCUT2D eigenvalue weighted by Gasteiger charge is 2.24. The zero-order chi connectivity index (χ0) is 19.6. The molecule has 0 radical (unpaired) electrons. The first kappa shape index (κ1) is 19.3. The van der Waals surface area contributed by atoms with Gasteiger partial charge >= 0.3 is 6.09 Å². The first-order valence-corrected chi connectivity index (χ1v) is 9.41. The number of rotatable bonds is 6. The zero-order valence-electron chi connectivity index (χ0n) is 16.8. The van der Waals surface area contributed by atoms with Crippen LogP contribution in [-0.2, 0) is 30.9 Å². The van der Waals surface area contributed by atoms with Crippen molar-refractivity contribution >= 4 is 6.09 Å². The first-order chi connectivity index (χ1) is 12.8. The molecule has 2 aromatic heterocycles. The molecule has 0 saturated carbocycles. The van der Waals surface area contributed by atoms with E-state index in [2.05, 4.69) is 44.7 Å². The molecule has 148 valence electrons. The topological polar surface area (TPSA) is 81.3 Å². The van der Waals surface area contributed by atoms with Crippen LogP contribution in [0.15, 0.2) is 12.4 Å². The van der Waals surface area contributed by atoms with Gasteiger partial charge in [-0.1, -0.05) is 0 Å². The molecule has 0 bridgehead atoms. The van der Waals surface area contributed by atoms with E-state index in [1.807, 2.05) is 25.6 Å². The highest BCUT2D eigenvalue weighted by molar-refractivity contribution is 5.67. The van der Waals surface area contributed by atoms with E-state index in [9.17, 15) is 4.79 Å². The Hall–Kier alpha value is -2.42.